The van der Waals surface area contributed by atoms with Crippen molar-refractivity contribution >= 4 is 16.0 Å². The van der Waals surface area contributed by atoms with Crippen LogP contribution in [-0.2, 0) is 21.5 Å². The van der Waals surface area contributed by atoms with Gasteiger partial charge in [0.15, 0.2) is 0 Å². The van der Waals surface area contributed by atoms with Crippen LogP contribution in [0.25, 0.3) is 0 Å². The third kappa shape index (κ3) is 8.70. The lowest BCUT2D eigenvalue weighted by Gasteiger charge is -2.30. The maximum Gasteiger partial charge on any atom is 0.306 e. The van der Waals surface area contributed by atoms with Crippen LogP contribution >= 0.6 is 0 Å². The summed E-state index contributed by atoms with van der Waals surface area (Å²) in [6.45, 7) is 13.2. The van der Waals surface area contributed by atoms with Crippen molar-refractivity contribution in [1.29, 1.82) is 0 Å². The second-order valence-electron chi connectivity index (χ2n) is 8.62. The monoisotopic (exact) mass is 383 g/mol. The van der Waals surface area contributed by atoms with Gasteiger partial charge >= 0.3 is 10.1 Å². The zero-order valence-electron chi connectivity index (χ0n) is 17.1. The Morgan fingerprint density at radius 2 is 1.65 bits per heavy atom. The third-order valence-corrected chi connectivity index (χ3v) is 4.45. The maximum absolute atomic E-state index is 12.8. The molecule has 1 aromatic carbocycles. The maximum atomic E-state index is 12.8. The Labute approximate surface area is 158 Å². The number of carbonyl (C=O) groups is 1. The Bertz CT molecular complexity index is 688. The van der Waals surface area contributed by atoms with Crippen LogP contribution < -0.4 is 4.18 Å². The van der Waals surface area contributed by atoms with Gasteiger partial charge in [-0.25, -0.2) is 0 Å². The molecule has 1 amide bonds. The molecule has 26 heavy (non-hydrogen) atoms. The quantitative estimate of drug-likeness (QED) is 0.630. The number of hydrogen-bond donors (Lipinski definition) is 0. The molecule has 1 aromatic rings. The van der Waals surface area contributed by atoms with Crippen molar-refractivity contribution in [2.45, 2.75) is 67.0 Å². The molecule has 0 radical (unpaired) electrons. The molecule has 1 atom stereocenters. The fraction of sp³-hybridized carbons (Fsp3) is 0.650. The van der Waals surface area contributed by atoms with Crippen molar-refractivity contribution in [2.24, 2.45) is 11.3 Å². The summed E-state index contributed by atoms with van der Waals surface area (Å²) in [7, 11) is -3.53. The molecule has 6 heteroatoms. The molecule has 0 aliphatic rings. The number of hydrogen-bond acceptors (Lipinski definition) is 4. The van der Waals surface area contributed by atoms with Gasteiger partial charge in [0.05, 0.1) is 6.26 Å². The fourth-order valence-corrected chi connectivity index (χ4v) is 3.57. The summed E-state index contributed by atoms with van der Waals surface area (Å²) in [5.74, 6) is 0.750. The number of nitrogens with zero attached hydrogens (tertiary/aromatic N) is 1. The summed E-state index contributed by atoms with van der Waals surface area (Å²) < 4.78 is 27.2. The number of amides is 1. The highest BCUT2D eigenvalue weighted by atomic mass is 32.2. The SMILES string of the molecule is CC(C)N(Cc1ccc(OS(C)(=O)=O)cc1)C(=O)C[C@@H](C)CC(C)(C)C. The summed E-state index contributed by atoms with van der Waals surface area (Å²) in [5.41, 5.74) is 1.15. The van der Waals surface area contributed by atoms with E-state index < -0.39 is 10.1 Å². The molecular weight excluding hydrogens is 350 g/mol. The molecule has 0 aliphatic carbocycles. The van der Waals surface area contributed by atoms with E-state index >= 15 is 0 Å². The zero-order valence-corrected chi connectivity index (χ0v) is 17.9. The Hall–Kier alpha value is -1.56. The average Bonchev–Trinajstić information content (AvgIpc) is 2.42. The molecule has 0 saturated heterocycles. The molecule has 0 bridgehead atoms. The molecule has 0 heterocycles. The van der Waals surface area contributed by atoms with Gasteiger partial charge < -0.3 is 9.08 Å². The predicted octanol–water partition coefficient (Wildman–Crippen LogP) is 4.22. The Kier molecular flexibility index (Phi) is 7.69. The van der Waals surface area contributed by atoms with Crippen molar-refractivity contribution in [1.82, 2.24) is 4.90 Å². The first-order chi connectivity index (χ1) is 11.8. The van der Waals surface area contributed by atoms with Crippen LogP contribution in [0.2, 0.25) is 0 Å². The molecule has 0 fully saturated rings. The summed E-state index contributed by atoms with van der Waals surface area (Å²) in [6.07, 6.45) is 2.55. The van der Waals surface area contributed by atoms with E-state index in [2.05, 4.69) is 27.7 Å². The molecule has 1 rings (SSSR count). The van der Waals surface area contributed by atoms with Gasteiger partial charge in [0.1, 0.15) is 5.75 Å². The lowest BCUT2D eigenvalue weighted by molar-refractivity contribution is -0.134. The summed E-state index contributed by atoms with van der Waals surface area (Å²) in [6, 6.07) is 6.91. The van der Waals surface area contributed by atoms with E-state index in [1.165, 1.54) is 0 Å². The van der Waals surface area contributed by atoms with Crippen LogP contribution in [0, 0.1) is 11.3 Å². The minimum atomic E-state index is -3.53. The fourth-order valence-electron chi connectivity index (χ4n) is 3.11. The van der Waals surface area contributed by atoms with Crippen LogP contribution in [0.3, 0.4) is 0 Å². The normalized spacial score (nSPS) is 13.5. The lowest BCUT2D eigenvalue weighted by atomic mass is 9.84. The van der Waals surface area contributed by atoms with E-state index in [0.29, 0.717) is 18.9 Å². The van der Waals surface area contributed by atoms with Gasteiger partial charge in [-0.05, 0) is 49.3 Å². The van der Waals surface area contributed by atoms with E-state index in [0.717, 1.165) is 18.2 Å². The van der Waals surface area contributed by atoms with Crippen molar-refractivity contribution in [3.05, 3.63) is 29.8 Å². The van der Waals surface area contributed by atoms with E-state index in [1.807, 2.05) is 18.7 Å². The first-order valence-corrected chi connectivity index (χ1v) is 10.9. The summed E-state index contributed by atoms with van der Waals surface area (Å²) in [4.78, 5) is 14.6. The molecule has 0 N–H and O–H groups in total. The van der Waals surface area contributed by atoms with Crippen molar-refractivity contribution in [3.63, 3.8) is 0 Å². The topological polar surface area (TPSA) is 63.7 Å². The third-order valence-electron chi connectivity index (χ3n) is 3.95. The average molecular weight is 384 g/mol. The van der Waals surface area contributed by atoms with Crippen molar-refractivity contribution < 1.29 is 17.4 Å². The predicted molar refractivity (Wildman–Crippen MR) is 105 cm³/mol. The summed E-state index contributed by atoms with van der Waals surface area (Å²) >= 11 is 0. The molecule has 0 aromatic heterocycles. The first kappa shape index (κ1) is 22.5. The molecular formula is C20H33NO4S. The van der Waals surface area contributed by atoms with Crippen LogP contribution in [-0.4, -0.2) is 31.5 Å². The minimum absolute atomic E-state index is 0.0938. The highest BCUT2D eigenvalue weighted by Crippen LogP contribution is 2.27. The Morgan fingerprint density at radius 3 is 2.08 bits per heavy atom. The number of rotatable bonds is 8. The van der Waals surface area contributed by atoms with E-state index in [4.69, 9.17) is 4.18 Å². The van der Waals surface area contributed by atoms with Crippen LogP contribution in [0.15, 0.2) is 24.3 Å². The molecule has 5 nitrogen and oxygen atoms in total. The van der Waals surface area contributed by atoms with E-state index in [9.17, 15) is 13.2 Å². The van der Waals surface area contributed by atoms with Gasteiger partial charge in [0.2, 0.25) is 5.91 Å². The smallest absolute Gasteiger partial charge is 0.306 e. The molecule has 0 saturated carbocycles. The molecule has 0 aliphatic heterocycles. The number of carbonyl (C=O) groups excluding carboxylic acids is 1. The largest absolute Gasteiger partial charge is 0.383 e. The standard InChI is InChI=1S/C20H33NO4S/c1-15(2)21(19(22)12-16(3)13-20(4,5)6)14-17-8-10-18(11-9-17)25-26(7,23)24/h8-11,15-16H,12-14H2,1-7H3/t16-/m1/s1. The summed E-state index contributed by atoms with van der Waals surface area (Å²) in [5, 5.41) is 0. The van der Waals surface area contributed by atoms with Gasteiger partial charge in [-0.1, -0.05) is 39.8 Å². The first-order valence-electron chi connectivity index (χ1n) is 9.05. The minimum Gasteiger partial charge on any atom is -0.383 e. The lowest BCUT2D eigenvalue weighted by Crippen LogP contribution is -2.37. The van der Waals surface area contributed by atoms with Gasteiger partial charge in [0, 0.05) is 19.0 Å². The molecule has 0 unspecified atom stereocenters. The highest BCUT2D eigenvalue weighted by molar-refractivity contribution is 7.86. The second-order valence-corrected chi connectivity index (χ2v) is 10.2. The van der Waals surface area contributed by atoms with Gasteiger partial charge in [0.25, 0.3) is 0 Å². The Balaban J connectivity index is 2.77. The van der Waals surface area contributed by atoms with E-state index in [1.54, 1.807) is 24.3 Å². The number of benzene rings is 1. The molecule has 148 valence electrons. The molecule has 0 spiro atoms. The highest BCUT2D eigenvalue weighted by Gasteiger charge is 2.22. The second kappa shape index (κ2) is 8.89. The zero-order chi connectivity index (χ0) is 20.1. The van der Waals surface area contributed by atoms with Gasteiger partial charge in [-0.15, -0.1) is 0 Å². The van der Waals surface area contributed by atoms with Crippen LogP contribution in [0.4, 0.5) is 0 Å². The van der Waals surface area contributed by atoms with Gasteiger partial charge in [-0.2, -0.15) is 8.42 Å². The van der Waals surface area contributed by atoms with Crippen molar-refractivity contribution in [2.75, 3.05) is 6.26 Å². The van der Waals surface area contributed by atoms with Crippen LogP contribution in [0.5, 0.6) is 5.75 Å². The van der Waals surface area contributed by atoms with Crippen LogP contribution in [0.1, 0.15) is 59.9 Å². The van der Waals surface area contributed by atoms with Crippen molar-refractivity contribution in [3.8, 4) is 5.75 Å². The van der Waals surface area contributed by atoms with Gasteiger partial charge in [-0.3, -0.25) is 4.79 Å². The Morgan fingerprint density at radius 1 is 1.12 bits per heavy atom. The van der Waals surface area contributed by atoms with E-state index in [-0.39, 0.29) is 23.1 Å².